The van der Waals surface area contributed by atoms with Crippen LogP contribution in [0.2, 0.25) is 0 Å². The van der Waals surface area contributed by atoms with Crippen molar-refractivity contribution in [1.82, 2.24) is 4.90 Å². The summed E-state index contributed by atoms with van der Waals surface area (Å²) in [6, 6.07) is 6.68. The van der Waals surface area contributed by atoms with Crippen molar-refractivity contribution < 1.29 is 9.47 Å². The van der Waals surface area contributed by atoms with Gasteiger partial charge in [0.1, 0.15) is 5.75 Å². The van der Waals surface area contributed by atoms with Gasteiger partial charge >= 0.3 is 0 Å². The zero-order chi connectivity index (χ0) is 13.8. The molecule has 0 amide bonds. The summed E-state index contributed by atoms with van der Waals surface area (Å²) in [4.78, 5) is 2.50. The zero-order valence-corrected chi connectivity index (χ0v) is 13.4. The minimum absolute atomic E-state index is 0.306. The van der Waals surface area contributed by atoms with Crippen molar-refractivity contribution in [2.45, 2.75) is 39.0 Å². The quantitative estimate of drug-likeness (QED) is 0.845. The Kier molecular flexibility index (Phi) is 5.25. The molecule has 1 saturated heterocycles. The molecule has 106 valence electrons. The van der Waals surface area contributed by atoms with Gasteiger partial charge in [0.05, 0.1) is 19.8 Å². The Morgan fingerprint density at radius 3 is 2.95 bits per heavy atom. The molecule has 1 aromatic rings. The number of halogens is 1. The first-order chi connectivity index (χ1) is 9.13. The Morgan fingerprint density at radius 2 is 2.26 bits per heavy atom. The van der Waals surface area contributed by atoms with E-state index in [4.69, 9.17) is 9.47 Å². The van der Waals surface area contributed by atoms with Gasteiger partial charge in [-0.2, -0.15) is 0 Å². The van der Waals surface area contributed by atoms with Crippen LogP contribution in [0.1, 0.15) is 25.8 Å². The maximum absolute atomic E-state index is 5.75. The lowest BCUT2D eigenvalue weighted by atomic mass is 10.1. The van der Waals surface area contributed by atoms with E-state index in [0.717, 1.165) is 36.3 Å². The number of rotatable bonds is 4. The molecule has 0 aliphatic carbocycles. The molecule has 3 nitrogen and oxygen atoms in total. The first-order valence-corrected chi connectivity index (χ1v) is 7.61. The minimum atomic E-state index is 0.306. The highest BCUT2D eigenvalue weighted by Gasteiger charge is 2.26. The molecular weight excluding hydrogens is 306 g/mol. The smallest absolute Gasteiger partial charge is 0.123 e. The van der Waals surface area contributed by atoms with E-state index in [2.05, 4.69) is 40.7 Å². The van der Waals surface area contributed by atoms with Crippen LogP contribution in [0, 0.1) is 0 Å². The molecule has 2 unspecified atom stereocenters. The van der Waals surface area contributed by atoms with Crippen molar-refractivity contribution in [3.63, 3.8) is 0 Å². The fourth-order valence-corrected chi connectivity index (χ4v) is 2.98. The molecule has 1 aliphatic heterocycles. The van der Waals surface area contributed by atoms with Crippen molar-refractivity contribution in [2.24, 2.45) is 0 Å². The van der Waals surface area contributed by atoms with E-state index in [-0.39, 0.29) is 0 Å². The fourth-order valence-electron chi connectivity index (χ4n) is 2.57. The van der Waals surface area contributed by atoms with E-state index in [1.807, 2.05) is 12.1 Å². The molecule has 0 saturated carbocycles. The van der Waals surface area contributed by atoms with Crippen molar-refractivity contribution in [1.29, 1.82) is 0 Å². The lowest BCUT2D eigenvalue weighted by Crippen LogP contribution is -2.47. The number of nitrogens with zero attached hydrogens (tertiary/aromatic N) is 1. The third kappa shape index (κ3) is 3.71. The van der Waals surface area contributed by atoms with E-state index in [1.165, 1.54) is 5.56 Å². The summed E-state index contributed by atoms with van der Waals surface area (Å²) >= 11 is 3.54. The third-order valence-electron chi connectivity index (χ3n) is 3.67. The molecule has 0 spiro atoms. The SMILES string of the molecule is CCC1COC(C)CN1Cc1cc(Br)ccc1OC. The summed E-state index contributed by atoms with van der Waals surface area (Å²) in [7, 11) is 1.73. The fraction of sp³-hybridized carbons (Fsp3) is 0.600. The largest absolute Gasteiger partial charge is 0.496 e. The highest BCUT2D eigenvalue weighted by atomic mass is 79.9. The van der Waals surface area contributed by atoms with Crippen LogP contribution in [0.3, 0.4) is 0 Å². The van der Waals surface area contributed by atoms with Crippen LogP contribution in [0.5, 0.6) is 5.75 Å². The molecule has 0 N–H and O–H groups in total. The molecular formula is C15H22BrNO2. The van der Waals surface area contributed by atoms with Gasteiger partial charge in [-0.05, 0) is 31.5 Å². The standard InChI is InChI=1S/C15H22BrNO2/c1-4-14-10-19-11(2)8-17(14)9-12-7-13(16)5-6-15(12)18-3/h5-7,11,14H,4,8-10H2,1-3H3. The average molecular weight is 328 g/mol. The van der Waals surface area contributed by atoms with Gasteiger partial charge in [0.2, 0.25) is 0 Å². The van der Waals surface area contributed by atoms with Crippen LogP contribution >= 0.6 is 15.9 Å². The Labute approximate surface area is 124 Å². The first kappa shape index (κ1) is 14.8. The second-order valence-corrected chi connectivity index (χ2v) is 6.01. The summed E-state index contributed by atoms with van der Waals surface area (Å²) in [5.74, 6) is 0.956. The predicted octanol–water partition coefficient (Wildman–Crippen LogP) is 3.46. The van der Waals surface area contributed by atoms with Gasteiger partial charge in [0.15, 0.2) is 0 Å². The maximum atomic E-state index is 5.75. The lowest BCUT2D eigenvalue weighted by molar-refractivity contribution is -0.0593. The van der Waals surface area contributed by atoms with Crippen molar-refractivity contribution >= 4 is 15.9 Å². The van der Waals surface area contributed by atoms with Crippen molar-refractivity contribution in [2.75, 3.05) is 20.3 Å². The van der Waals surface area contributed by atoms with Gasteiger partial charge in [-0.25, -0.2) is 0 Å². The van der Waals surface area contributed by atoms with Crippen LogP contribution in [0.4, 0.5) is 0 Å². The van der Waals surface area contributed by atoms with Gasteiger partial charge in [0, 0.05) is 29.2 Å². The molecule has 4 heteroatoms. The second-order valence-electron chi connectivity index (χ2n) is 5.09. The zero-order valence-electron chi connectivity index (χ0n) is 11.9. The number of ether oxygens (including phenoxy) is 2. The normalized spacial score (nSPS) is 24.4. The topological polar surface area (TPSA) is 21.7 Å². The minimum Gasteiger partial charge on any atom is -0.496 e. The monoisotopic (exact) mass is 327 g/mol. The number of morpholine rings is 1. The third-order valence-corrected chi connectivity index (χ3v) is 4.16. The maximum Gasteiger partial charge on any atom is 0.123 e. The summed E-state index contributed by atoms with van der Waals surface area (Å²) in [6.45, 7) is 7.07. The Hall–Kier alpha value is -0.580. The Morgan fingerprint density at radius 1 is 1.47 bits per heavy atom. The number of hydrogen-bond acceptors (Lipinski definition) is 3. The Bertz CT molecular complexity index is 425. The van der Waals surface area contributed by atoms with E-state index in [0.29, 0.717) is 12.1 Å². The van der Waals surface area contributed by atoms with E-state index in [1.54, 1.807) is 7.11 Å². The number of methoxy groups -OCH3 is 1. The van der Waals surface area contributed by atoms with Gasteiger partial charge in [-0.15, -0.1) is 0 Å². The van der Waals surface area contributed by atoms with Crippen molar-refractivity contribution in [3.05, 3.63) is 28.2 Å². The Balaban J connectivity index is 2.16. The van der Waals surface area contributed by atoms with E-state index in [9.17, 15) is 0 Å². The molecule has 0 aromatic heterocycles. The molecule has 1 aliphatic rings. The summed E-state index contributed by atoms with van der Waals surface area (Å²) in [5.41, 5.74) is 1.23. The lowest BCUT2D eigenvalue weighted by Gasteiger charge is -2.38. The van der Waals surface area contributed by atoms with Gasteiger partial charge in [-0.1, -0.05) is 22.9 Å². The molecule has 0 bridgehead atoms. The molecule has 0 radical (unpaired) electrons. The summed E-state index contributed by atoms with van der Waals surface area (Å²) in [6.07, 6.45) is 1.42. The summed E-state index contributed by atoms with van der Waals surface area (Å²) in [5, 5.41) is 0. The first-order valence-electron chi connectivity index (χ1n) is 6.82. The number of benzene rings is 1. The van der Waals surface area contributed by atoms with Crippen LogP contribution in [-0.2, 0) is 11.3 Å². The highest BCUT2D eigenvalue weighted by Crippen LogP contribution is 2.26. The van der Waals surface area contributed by atoms with Crippen LogP contribution < -0.4 is 4.74 Å². The molecule has 2 rings (SSSR count). The molecule has 19 heavy (non-hydrogen) atoms. The van der Waals surface area contributed by atoms with Crippen LogP contribution in [0.25, 0.3) is 0 Å². The van der Waals surface area contributed by atoms with Gasteiger partial charge in [-0.3, -0.25) is 4.90 Å². The predicted molar refractivity (Wildman–Crippen MR) is 80.6 cm³/mol. The number of hydrogen-bond donors (Lipinski definition) is 0. The van der Waals surface area contributed by atoms with E-state index < -0.39 is 0 Å². The van der Waals surface area contributed by atoms with Gasteiger partial charge in [0.25, 0.3) is 0 Å². The van der Waals surface area contributed by atoms with E-state index >= 15 is 0 Å². The van der Waals surface area contributed by atoms with Crippen molar-refractivity contribution in [3.8, 4) is 5.75 Å². The van der Waals surface area contributed by atoms with Crippen LogP contribution in [0.15, 0.2) is 22.7 Å². The molecule has 1 aromatic carbocycles. The molecule has 2 atom stereocenters. The van der Waals surface area contributed by atoms with Gasteiger partial charge < -0.3 is 9.47 Å². The second kappa shape index (κ2) is 6.73. The summed E-state index contributed by atoms with van der Waals surface area (Å²) < 4.78 is 12.3. The molecule has 1 fully saturated rings. The van der Waals surface area contributed by atoms with Crippen LogP contribution in [-0.4, -0.2) is 37.3 Å². The molecule has 1 heterocycles. The highest BCUT2D eigenvalue weighted by molar-refractivity contribution is 9.10. The average Bonchev–Trinajstić information content (AvgIpc) is 2.39.